The third kappa shape index (κ3) is 3.24. The lowest BCUT2D eigenvalue weighted by Gasteiger charge is -2.16. The van der Waals surface area contributed by atoms with Gasteiger partial charge in [-0.2, -0.15) is 13.2 Å². The van der Waals surface area contributed by atoms with Crippen LogP contribution in [0.1, 0.15) is 16.7 Å². The molecular formula is C17H12ClF4N3O. The first-order valence-electron chi connectivity index (χ1n) is 7.34. The van der Waals surface area contributed by atoms with Gasteiger partial charge in [0.15, 0.2) is 0 Å². The first-order chi connectivity index (χ1) is 12.2. The van der Waals surface area contributed by atoms with Crippen molar-refractivity contribution >= 4 is 28.8 Å². The Balaban J connectivity index is 2.32. The lowest BCUT2D eigenvalue weighted by molar-refractivity contribution is -0.137. The van der Waals surface area contributed by atoms with Crippen molar-refractivity contribution in [1.82, 2.24) is 0 Å². The summed E-state index contributed by atoms with van der Waals surface area (Å²) in [5.74, 6) is -0.309. The van der Waals surface area contributed by atoms with Crippen molar-refractivity contribution in [2.24, 2.45) is 15.7 Å². The first kappa shape index (κ1) is 18.2. The molecule has 0 aromatic heterocycles. The van der Waals surface area contributed by atoms with Crippen LogP contribution in [0.3, 0.4) is 0 Å². The van der Waals surface area contributed by atoms with Gasteiger partial charge in [0.2, 0.25) is 0 Å². The standard InChI is InChI=1S/C17H12ClF4N3O/c1-26-8-2-4-11(19)9(6-8)16-14-12(25-13(23)7-24-16)5-3-10(15(14)18)17(20,21)22/h2-6H,7H2,1H3,(H2,23,25). The van der Waals surface area contributed by atoms with E-state index in [1.165, 1.54) is 19.2 Å². The van der Waals surface area contributed by atoms with Crippen LogP contribution in [-0.4, -0.2) is 25.2 Å². The van der Waals surface area contributed by atoms with Crippen molar-refractivity contribution < 1.29 is 22.3 Å². The van der Waals surface area contributed by atoms with Gasteiger partial charge in [-0.1, -0.05) is 11.6 Å². The number of benzene rings is 2. The minimum Gasteiger partial charge on any atom is -0.497 e. The maximum absolute atomic E-state index is 14.4. The second-order valence-corrected chi connectivity index (χ2v) is 5.81. The molecule has 136 valence electrons. The smallest absolute Gasteiger partial charge is 0.417 e. The Morgan fingerprint density at radius 3 is 2.58 bits per heavy atom. The van der Waals surface area contributed by atoms with Gasteiger partial charge in [-0.3, -0.25) is 4.99 Å². The SMILES string of the molecule is COc1ccc(F)c(C2=NCC(N)=Nc3ccc(C(F)(F)F)c(Cl)c32)c1. The van der Waals surface area contributed by atoms with Gasteiger partial charge < -0.3 is 10.5 Å². The molecule has 9 heteroatoms. The van der Waals surface area contributed by atoms with Gasteiger partial charge in [0, 0.05) is 11.1 Å². The van der Waals surface area contributed by atoms with Crippen LogP contribution in [0.15, 0.2) is 40.3 Å². The second kappa shape index (κ2) is 6.60. The number of nitrogens with two attached hydrogens (primary N) is 1. The summed E-state index contributed by atoms with van der Waals surface area (Å²) < 4.78 is 59.2. The summed E-state index contributed by atoms with van der Waals surface area (Å²) in [6.07, 6.45) is -4.69. The number of fused-ring (bicyclic) bond motifs is 1. The van der Waals surface area contributed by atoms with E-state index in [0.717, 1.165) is 18.2 Å². The zero-order chi connectivity index (χ0) is 19.1. The summed E-state index contributed by atoms with van der Waals surface area (Å²) in [7, 11) is 1.38. The van der Waals surface area contributed by atoms with Crippen molar-refractivity contribution in [3.05, 3.63) is 57.9 Å². The van der Waals surface area contributed by atoms with E-state index < -0.39 is 22.6 Å². The van der Waals surface area contributed by atoms with Crippen molar-refractivity contribution in [2.45, 2.75) is 6.18 Å². The highest BCUT2D eigenvalue weighted by molar-refractivity contribution is 6.37. The van der Waals surface area contributed by atoms with Crippen LogP contribution in [0.4, 0.5) is 23.2 Å². The maximum Gasteiger partial charge on any atom is 0.417 e. The van der Waals surface area contributed by atoms with Crippen molar-refractivity contribution in [1.29, 1.82) is 0 Å². The number of rotatable bonds is 2. The van der Waals surface area contributed by atoms with E-state index in [-0.39, 0.29) is 34.9 Å². The summed E-state index contributed by atoms with van der Waals surface area (Å²) in [5, 5.41) is -0.616. The number of alkyl halides is 3. The van der Waals surface area contributed by atoms with E-state index in [9.17, 15) is 17.6 Å². The van der Waals surface area contributed by atoms with Gasteiger partial charge in [-0.15, -0.1) is 0 Å². The predicted octanol–water partition coefficient (Wildman–Crippen LogP) is 4.35. The number of ether oxygens (including phenoxy) is 1. The van der Waals surface area contributed by atoms with E-state index in [2.05, 4.69) is 9.98 Å². The molecule has 2 N–H and O–H groups in total. The molecule has 0 radical (unpaired) electrons. The number of hydrogen-bond donors (Lipinski definition) is 1. The van der Waals surface area contributed by atoms with Crippen LogP contribution in [0, 0.1) is 5.82 Å². The molecule has 0 saturated heterocycles. The van der Waals surface area contributed by atoms with Crippen LogP contribution < -0.4 is 10.5 Å². The molecule has 0 amide bonds. The first-order valence-corrected chi connectivity index (χ1v) is 7.71. The Hall–Kier alpha value is -2.61. The molecule has 0 fully saturated rings. The Bertz CT molecular complexity index is 938. The zero-order valence-electron chi connectivity index (χ0n) is 13.4. The summed E-state index contributed by atoms with van der Waals surface area (Å²) in [5.41, 5.74) is 4.47. The topological polar surface area (TPSA) is 60.0 Å². The van der Waals surface area contributed by atoms with Crippen molar-refractivity contribution in [3.8, 4) is 5.75 Å². The number of methoxy groups -OCH3 is 1. The molecule has 1 aliphatic heterocycles. The number of hydrogen-bond acceptors (Lipinski definition) is 4. The molecule has 26 heavy (non-hydrogen) atoms. The van der Waals surface area contributed by atoms with Crippen molar-refractivity contribution in [3.63, 3.8) is 0 Å². The Morgan fingerprint density at radius 2 is 1.92 bits per heavy atom. The lowest BCUT2D eigenvalue weighted by Crippen LogP contribution is -2.15. The van der Waals surface area contributed by atoms with E-state index in [1.807, 2.05) is 0 Å². The molecule has 0 spiro atoms. The quantitative estimate of drug-likeness (QED) is 0.781. The van der Waals surface area contributed by atoms with Crippen LogP contribution in [0.2, 0.25) is 5.02 Å². The summed E-state index contributed by atoms with van der Waals surface area (Å²) in [6, 6.07) is 5.79. The van der Waals surface area contributed by atoms with E-state index in [0.29, 0.717) is 5.75 Å². The largest absolute Gasteiger partial charge is 0.497 e. The lowest BCUT2D eigenvalue weighted by atomic mass is 9.97. The third-order valence-electron chi connectivity index (χ3n) is 3.75. The van der Waals surface area contributed by atoms with E-state index in [4.69, 9.17) is 22.1 Å². The van der Waals surface area contributed by atoms with Gasteiger partial charge >= 0.3 is 6.18 Å². The van der Waals surface area contributed by atoms with Crippen LogP contribution >= 0.6 is 11.6 Å². The van der Waals surface area contributed by atoms with E-state index in [1.54, 1.807) is 0 Å². The molecule has 0 saturated carbocycles. The highest BCUT2D eigenvalue weighted by Crippen LogP contribution is 2.41. The molecule has 4 nitrogen and oxygen atoms in total. The maximum atomic E-state index is 14.4. The van der Waals surface area contributed by atoms with Gasteiger partial charge in [-0.25, -0.2) is 9.38 Å². The Labute approximate surface area is 151 Å². The van der Waals surface area contributed by atoms with Gasteiger partial charge in [-0.05, 0) is 30.3 Å². The fraction of sp³-hybridized carbons (Fsp3) is 0.176. The monoisotopic (exact) mass is 385 g/mol. The fourth-order valence-corrected chi connectivity index (χ4v) is 2.92. The highest BCUT2D eigenvalue weighted by Gasteiger charge is 2.36. The summed E-state index contributed by atoms with van der Waals surface area (Å²) >= 11 is 6.04. The average molecular weight is 386 g/mol. The Kier molecular flexibility index (Phi) is 4.62. The number of halogens is 5. The Morgan fingerprint density at radius 1 is 1.19 bits per heavy atom. The molecular weight excluding hydrogens is 374 g/mol. The predicted molar refractivity (Wildman–Crippen MR) is 91.2 cm³/mol. The minimum absolute atomic E-state index is 0.0586. The van der Waals surface area contributed by atoms with Crippen LogP contribution in [0.25, 0.3) is 0 Å². The van der Waals surface area contributed by atoms with Gasteiger partial charge in [0.1, 0.15) is 17.4 Å². The third-order valence-corrected chi connectivity index (χ3v) is 4.15. The molecule has 2 aromatic carbocycles. The number of amidine groups is 1. The zero-order valence-corrected chi connectivity index (χ0v) is 14.1. The molecule has 1 aliphatic rings. The number of aliphatic imine (C=N–C) groups is 2. The van der Waals surface area contributed by atoms with E-state index >= 15 is 0 Å². The van der Waals surface area contributed by atoms with Crippen molar-refractivity contribution in [2.75, 3.05) is 13.7 Å². The molecule has 0 atom stereocenters. The molecule has 0 unspecified atom stereocenters. The molecule has 3 rings (SSSR count). The molecule has 0 aliphatic carbocycles. The molecule has 0 bridgehead atoms. The second-order valence-electron chi connectivity index (χ2n) is 5.43. The van der Waals surface area contributed by atoms with Gasteiger partial charge in [0.25, 0.3) is 0 Å². The molecule has 2 aromatic rings. The molecule has 1 heterocycles. The fourth-order valence-electron chi connectivity index (χ4n) is 2.57. The average Bonchev–Trinajstić information content (AvgIpc) is 2.73. The normalized spacial score (nSPS) is 14.2. The number of nitrogens with zero attached hydrogens (tertiary/aromatic N) is 2. The highest BCUT2D eigenvalue weighted by atomic mass is 35.5. The summed E-state index contributed by atoms with van der Waals surface area (Å²) in [6.45, 7) is -0.113. The van der Waals surface area contributed by atoms with Crippen LogP contribution in [0.5, 0.6) is 5.75 Å². The van der Waals surface area contributed by atoms with Crippen LogP contribution in [-0.2, 0) is 6.18 Å². The minimum atomic E-state index is -4.69. The van der Waals surface area contributed by atoms with Gasteiger partial charge in [0.05, 0.1) is 35.6 Å². The summed E-state index contributed by atoms with van der Waals surface area (Å²) in [4.78, 5) is 8.20.